The molecule has 0 bridgehead atoms. The summed E-state index contributed by atoms with van der Waals surface area (Å²) in [5, 5.41) is 8.68. The third kappa shape index (κ3) is 3.90. The van der Waals surface area contributed by atoms with Crippen molar-refractivity contribution in [2.45, 2.75) is 19.8 Å². The Morgan fingerprint density at radius 2 is 1.78 bits per heavy atom. The lowest BCUT2D eigenvalue weighted by molar-refractivity contribution is -0.168. The Morgan fingerprint density at radius 1 is 1.22 bits per heavy atom. The normalized spacial score (nSPS) is 10.7. The van der Waals surface area contributed by atoms with Gasteiger partial charge in [0.15, 0.2) is 5.41 Å². The highest BCUT2D eigenvalue weighted by atomic mass is 16.5. The molecule has 0 aromatic heterocycles. The van der Waals surface area contributed by atoms with E-state index in [0.29, 0.717) is 0 Å². The van der Waals surface area contributed by atoms with E-state index in [1.54, 1.807) is 6.92 Å². The fourth-order valence-corrected chi connectivity index (χ4v) is 1.46. The van der Waals surface area contributed by atoms with Gasteiger partial charge in [-0.05, 0) is 13.3 Å². The number of aliphatic hydroxyl groups is 1. The highest BCUT2D eigenvalue weighted by Gasteiger charge is 2.46. The molecule has 0 aromatic carbocycles. The first-order valence-electron chi connectivity index (χ1n) is 5.41. The fraction of sp³-hybridized carbons (Fsp3) is 0.538. The third-order valence-corrected chi connectivity index (χ3v) is 2.46. The number of carbonyl (C=O) groups excluding carboxylic acids is 2. The predicted octanol–water partition coefficient (Wildman–Crippen LogP) is 0.671. The molecule has 0 aromatic rings. The minimum Gasteiger partial charge on any atom is -0.468 e. The summed E-state index contributed by atoms with van der Waals surface area (Å²) in [6.45, 7) is 1.45. The average Bonchev–Trinajstić information content (AvgIpc) is 2.41. The van der Waals surface area contributed by atoms with E-state index in [2.05, 4.69) is 21.3 Å². The van der Waals surface area contributed by atoms with E-state index >= 15 is 0 Å². The summed E-state index contributed by atoms with van der Waals surface area (Å²) in [5.74, 6) is 3.94. The van der Waals surface area contributed by atoms with Crippen molar-refractivity contribution < 1.29 is 24.2 Å². The van der Waals surface area contributed by atoms with Crippen molar-refractivity contribution in [3.63, 3.8) is 0 Å². The summed E-state index contributed by atoms with van der Waals surface area (Å²) in [5.41, 5.74) is -1.47. The molecule has 18 heavy (non-hydrogen) atoms. The lowest BCUT2D eigenvalue weighted by atomic mass is 9.81. The molecule has 100 valence electrons. The molecule has 0 heterocycles. The minimum absolute atomic E-state index is 0.0125. The first-order chi connectivity index (χ1) is 8.58. The van der Waals surface area contributed by atoms with Gasteiger partial charge in [-0.15, -0.1) is 11.8 Å². The van der Waals surface area contributed by atoms with Gasteiger partial charge in [-0.25, -0.2) is 0 Å². The summed E-state index contributed by atoms with van der Waals surface area (Å²) in [6.07, 6.45) is 3.06. The number of hydrogen-bond donors (Lipinski definition) is 1. The van der Waals surface area contributed by atoms with Gasteiger partial charge in [0.05, 0.1) is 20.8 Å². The molecule has 0 aliphatic heterocycles. The van der Waals surface area contributed by atoms with Crippen molar-refractivity contribution in [2.75, 3.05) is 20.8 Å². The second kappa shape index (κ2) is 8.31. The number of methoxy groups -OCH3 is 2. The maximum atomic E-state index is 11.8. The molecule has 0 saturated heterocycles. The number of rotatable bonds is 6. The van der Waals surface area contributed by atoms with Gasteiger partial charge in [-0.2, -0.15) is 0 Å². The average molecular weight is 254 g/mol. The molecule has 5 heteroatoms. The number of hydrogen-bond acceptors (Lipinski definition) is 5. The molecule has 0 amide bonds. The minimum atomic E-state index is -1.47. The topological polar surface area (TPSA) is 72.8 Å². The monoisotopic (exact) mass is 254 g/mol. The summed E-state index contributed by atoms with van der Waals surface area (Å²) in [7, 11) is 2.41. The number of carbonyl (C=O) groups is 2. The van der Waals surface area contributed by atoms with Gasteiger partial charge in [0.1, 0.15) is 0 Å². The van der Waals surface area contributed by atoms with Crippen molar-refractivity contribution in [1.29, 1.82) is 0 Å². The maximum absolute atomic E-state index is 11.8. The van der Waals surface area contributed by atoms with Crippen LogP contribution in [0.25, 0.3) is 0 Å². The lowest BCUT2D eigenvalue weighted by Gasteiger charge is -2.24. The van der Waals surface area contributed by atoms with Gasteiger partial charge >= 0.3 is 11.9 Å². The second-order valence-corrected chi connectivity index (χ2v) is 3.53. The summed E-state index contributed by atoms with van der Waals surface area (Å²) in [4.78, 5) is 23.7. The van der Waals surface area contributed by atoms with Crippen LogP contribution >= 0.6 is 0 Å². The molecule has 1 N–H and O–H groups in total. The van der Waals surface area contributed by atoms with Crippen molar-refractivity contribution in [2.24, 2.45) is 5.41 Å². The molecule has 0 radical (unpaired) electrons. The smallest absolute Gasteiger partial charge is 0.324 e. The van der Waals surface area contributed by atoms with Crippen LogP contribution in [0.5, 0.6) is 0 Å². The van der Waals surface area contributed by atoms with Crippen LogP contribution < -0.4 is 0 Å². The fourth-order valence-electron chi connectivity index (χ4n) is 1.46. The molecular weight excluding hydrogens is 236 g/mol. The third-order valence-electron chi connectivity index (χ3n) is 2.46. The van der Waals surface area contributed by atoms with E-state index in [1.165, 1.54) is 26.4 Å². The zero-order chi connectivity index (χ0) is 14.0. The van der Waals surface area contributed by atoms with Crippen LogP contribution in [0.3, 0.4) is 0 Å². The van der Waals surface area contributed by atoms with Crippen molar-refractivity contribution in [1.82, 2.24) is 0 Å². The van der Waals surface area contributed by atoms with Crippen LogP contribution in [0.15, 0.2) is 12.2 Å². The number of aliphatic hydroxyl groups excluding tert-OH is 1. The van der Waals surface area contributed by atoms with Crippen molar-refractivity contribution in [3.8, 4) is 11.8 Å². The van der Waals surface area contributed by atoms with Crippen LogP contribution in [0.4, 0.5) is 0 Å². The lowest BCUT2D eigenvalue weighted by Crippen LogP contribution is -2.40. The largest absolute Gasteiger partial charge is 0.468 e. The van der Waals surface area contributed by atoms with Crippen molar-refractivity contribution >= 4 is 11.9 Å². The molecular formula is C13H18O5. The van der Waals surface area contributed by atoms with Crippen LogP contribution in [0.2, 0.25) is 0 Å². The van der Waals surface area contributed by atoms with E-state index < -0.39 is 17.4 Å². The Balaban J connectivity index is 5.35. The van der Waals surface area contributed by atoms with Gasteiger partial charge < -0.3 is 14.6 Å². The highest BCUT2D eigenvalue weighted by molar-refractivity contribution is 6.00. The highest BCUT2D eigenvalue weighted by Crippen LogP contribution is 2.30. The van der Waals surface area contributed by atoms with Gasteiger partial charge in [-0.1, -0.05) is 12.2 Å². The molecule has 0 aliphatic rings. The first kappa shape index (κ1) is 16.2. The zero-order valence-corrected chi connectivity index (χ0v) is 10.9. The Hall–Kier alpha value is -1.80. The van der Waals surface area contributed by atoms with Gasteiger partial charge in [0.25, 0.3) is 0 Å². The van der Waals surface area contributed by atoms with Crippen molar-refractivity contribution in [3.05, 3.63) is 12.2 Å². The second-order valence-electron chi connectivity index (χ2n) is 3.53. The molecule has 0 spiro atoms. The van der Waals surface area contributed by atoms with E-state index in [0.717, 1.165) is 0 Å². The standard InChI is InChI=1S/C13H18O5/c1-4-5-8-13(11(15)17-2,12(16)18-3)9-6-7-10-14/h6-7,14H,8-10H2,1-3H3/b7-6+. The molecule has 0 atom stereocenters. The van der Waals surface area contributed by atoms with E-state index in [1.807, 2.05) is 0 Å². The van der Waals surface area contributed by atoms with E-state index in [9.17, 15) is 9.59 Å². The van der Waals surface area contributed by atoms with Gasteiger partial charge in [0.2, 0.25) is 0 Å². The maximum Gasteiger partial charge on any atom is 0.324 e. The Morgan fingerprint density at radius 3 is 2.17 bits per heavy atom. The van der Waals surface area contributed by atoms with E-state index in [4.69, 9.17) is 5.11 Å². The van der Waals surface area contributed by atoms with Gasteiger partial charge in [0, 0.05) is 6.42 Å². The number of esters is 2. The molecule has 0 fully saturated rings. The zero-order valence-electron chi connectivity index (χ0n) is 10.9. The molecule has 0 unspecified atom stereocenters. The molecule has 0 saturated carbocycles. The number of ether oxygens (including phenoxy) is 2. The summed E-state index contributed by atoms with van der Waals surface area (Å²) >= 11 is 0. The molecule has 5 nitrogen and oxygen atoms in total. The van der Waals surface area contributed by atoms with Crippen LogP contribution in [-0.4, -0.2) is 37.9 Å². The Bertz CT molecular complexity index is 357. The Labute approximate surface area is 107 Å². The van der Waals surface area contributed by atoms with Crippen LogP contribution in [-0.2, 0) is 19.1 Å². The molecule has 0 rings (SSSR count). The number of allylic oxidation sites excluding steroid dienone is 1. The Kier molecular flexibility index (Phi) is 7.48. The van der Waals surface area contributed by atoms with E-state index in [-0.39, 0.29) is 19.4 Å². The SMILES string of the molecule is CC#CCC(C/C=C/CO)(C(=O)OC)C(=O)OC. The molecule has 0 aliphatic carbocycles. The van der Waals surface area contributed by atoms with Gasteiger partial charge in [-0.3, -0.25) is 9.59 Å². The first-order valence-corrected chi connectivity index (χ1v) is 5.41. The summed E-state index contributed by atoms with van der Waals surface area (Å²) < 4.78 is 9.33. The quantitative estimate of drug-likeness (QED) is 0.326. The summed E-state index contributed by atoms with van der Waals surface area (Å²) in [6, 6.07) is 0. The predicted molar refractivity (Wildman–Crippen MR) is 65.4 cm³/mol. The van der Waals surface area contributed by atoms with Crippen LogP contribution in [0, 0.1) is 17.3 Å². The van der Waals surface area contributed by atoms with Crippen LogP contribution in [0.1, 0.15) is 19.8 Å².